The minimum absolute atomic E-state index is 0.0103. The Labute approximate surface area is 155 Å². The highest BCUT2D eigenvalue weighted by Gasteiger charge is 2.30. The number of thiazole rings is 1. The molecule has 25 heavy (non-hydrogen) atoms. The quantitative estimate of drug-likeness (QED) is 0.738. The summed E-state index contributed by atoms with van der Waals surface area (Å²) in [6, 6.07) is 7.94. The van der Waals surface area contributed by atoms with Crippen LogP contribution in [0, 0.1) is 0 Å². The standard InChI is InChI=1S/C18H21ClN4OS/c1-2-14-20-18-23(21-14)17(24)16(25-18)15(22-10-4-3-5-11-22)12-6-8-13(19)9-7-12/h6-9,15,24H,2-5,10-11H2,1H3/t15-/m0/s1. The van der Waals surface area contributed by atoms with Gasteiger partial charge < -0.3 is 5.11 Å². The zero-order valence-corrected chi connectivity index (χ0v) is 15.7. The molecule has 4 rings (SSSR count). The van der Waals surface area contributed by atoms with E-state index in [1.54, 1.807) is 4.52 Å². The number of rotatable bonds is 4. The lowest BCUT2D eigenvalue weighted by Crippen LogP contribution is -2.34. The van der Waals surface area contributed by atoms with Crippen LogP contribution >= 0.6 is 22.9 Å². The highest BCUT2D eigenvalue weighted by Crippen LogP contribution is 2.41. The summed E-state index contributed by atoms with van der Waals surface area (Å²) in [4.78, 5) is 8.62. The number of aryl methyl sites for hydroxylation is 1. The zero-order chi connectivity index (χ0) is 17.4. The molecule has 0 spiro atoms. The van der Waals surface area contributed by atoms with Gasteiger partial charge in [0.05, 0.1) is 10.9 Å². The number of nitrogens with zero attached hydrogens (tertiary/aromatic N) is 4. The maximum Gasteiger partial charge on any atom is 0.230 e. The van der Waals surface area contributed by atoms with Crippen LogP contribution in [0.15, 0.2) is 24.3 Å². The number of fused-ring (bicyclic) bond motifs is 1. The molecule has 1 aliphatic heterocycles. The maximum absolute atomic E-state index is 10.8. The van der Waals surface area contributed by atoms with Crippen LogP contribution in [0.4, 0.5) is 0 Å². The van der Waals surface area contributed by atoms with Gasteiger partial charge in [0.1, 0.15) is 0 Å². The Hall–Kier alpha value is -1.63. The first-order chi connectivity index (χ1) is 12.2. The van der Waals surface area contributed by atoms with E-state index in [-0.39, 0.29) is 11.9 Å². The maximum atomic E-state index is 10.8. The minimum Gasteiger partial charge on any atom is -0.492 e. The summed E-state index contributed by atoms with van der Waals surface area (Å²) in [6.45, 7) is 4.07. The van der Waals surface area contributed by atoms with E-state index in [0.717, 1.165) is 45.8 Å². The molecule has 0 saturated carbocycles. The van der Waals surface area contributed by atoms with Gasteiger partial charge in [-0.25, -0.2) is 4.98 Å². The minimum atomic E-state index is 0.0103. The Balaban J connectivity index is 1.80. The van der Waals surface area contributed by atoms with E-state index >= 15 is 0 Å². The highest BCUT2D eigenvalue weighted by molar-refractivity contribution is 7.17. The van der Waals surface area contributed by atoms with Gasteiger partial charge in [-0.1, -0.05) is 48.4 Å². The van der Waals surface area contributed by atoms with Gasteiger partial charge in [0.15, 0.2) is 5.82 Å². The summed E-state index contributed by atoms with van der Waals surface area (Å²) in [6.07, 6.45) is 4.40. The van der Waals surface area contributed by atoms with E-state index in [2.05, 4.69) is 27.1 Å². The van der Waals surface area contributed by atoms with Crippen molar-refractivity contribution in [3.63, 3.8) is 0 Å². The van der Waals surface area contributed by atoms with Gasteiger partial charge >= 0.3 is 0 Å². The lowest BCUT2D eigenvalue weighted by molar-refractivity contribution is 0.186. The fourth-order valence-electron chi connectivity index (χ4n) is 3.47. The smallest absolute Gasteiger partial charge is 0.230 e. The Morgan fingerprint density at radius 3 is 2.56 bits per heavy atom. The van der Waals surface area contributed by atoms with Crippen molar-refractivity contribution in [2.24, 2.45) is 0 Å². The summed E-state index contributed by atoms with van der Waals surface area (Å²) < 4.78 is 1.58. The fraction of sp³-hybridized carbons (Fsp3) is 0.444. The van der Waals surface area contributed by atoms with Crippen LogP contribution < -0.4 is 0 Å². The molecule has 1 atom stereocenters. The van der Waals surface area contributed by atoms with E-state index in [0.29, 0.717) is 0 Å². The molecular weight excluding hydrogens is 356 g/mol. The third-order valence-corrected chi connectivity index (χ3v) is 6.07. The largest absolute Gasteiger partial charge is 0.492 e. The van der Waals surface area contributed by atoms with Crippen LogP contribution in [0.5, 0.6) is 5.88 Å². The van der Waals surface area contributed by atoms with E-state index < -0.39 is 0 Å². The van der Waals surface area contributed by atoms with Crippen molar-refractivity contribution in [3.05, 3.63) is 45.6 Å². The number of likely N-dealkylation sites (tertiary alicyclic amines) is 1. The number of aromatic nitrogens is 3. The molecule has 0 aliphatic carbocycles. The van der Waals surface area contributed by atoms with Gasteiger partial charge in [0.25, 0.3) is 0 Å². The first-order valence-electron chi connectivity index (χ1n) is 8.74. The average Bonchev–Trinajstić information content (AvgIpc) is 3.18. The van der Waals surface area contributed by atoms with Gasteiger partial charge in [-0.2, -0.15) is 4.52 Å². The number of aromatic hydroxyl groups is 1. The number of hydrogen-bond donors (Lipinski definition) is 1. The third-order valence-electron chi connectivity index (χ3n) is 4.75. The van der Waals surface area contributed by atoms with Crippen LogP contribution in [0.1, 0.15) is 48.5 Å². The normalized spacial score (nSPS) is 17.2. The van der Waals surface area contributed by atoms with Crippen molar-refractivity contribution in [3.8, 4) is 5.88 Å². The molecule has 3 heterocycles. The van der Waals surface area contributed by atoms with E-state index in [1.807, 2.05) is 19.1 Å². The monoisotopic (exact) mass is 376 g/mol. The van der Waals surface area contributed by atoms with E-state index in [1.165, 1.54) is 30.6 Å². The third kappa shape index (κ3) is 3.14. The number of hydrogen-bond acceptors (Lipinski definition) is 5. The van der Waals surface area contributed by atoms with Crippen LogP contribution in [0.2, 0.25) is 5.02 Å². The first kappa shape index (κ1) is 16.8. The summed E-state index contributed by atoms with van der Waals surface area (Å²) in [7, 11) is 0. The first-order valence-corrected chi connectivity index (χ1v) is 9.93. The SMILES string of the molecule is CCc1nc2sc([C@H](c3ccc(Cl)cc3)N3CCCCC3)c(O)n2n1. The summed E-state index contributed by atoms with van der Waals surface area (Å²) in [5.74, 6) is 0.965. The second-order valence-corrected chi connectivity index (χ2v) is 7.86. The Morgan fingerprint density at radius 2 is 1.92 bits per heavy atom. The molecule has 1 saturated heterocycles. The van der Waals surface area contributed by atoms with E-state index in [9.17, 15) is 5.11 Å². The van der Waals surface area contributed by atoms with Crippen molar-refractivity contribution >= 4 is 27.9 Å². The molecule has 0 radical (unpaired) electrons. The number of halogens is 1. The van der Waals surface area contributed by atoms with Crippen LogP contribution in [-0.2, 0) is 6.42 Å². The van der Waals surface area contributed by atoms with Crippen LogP contribution in [0.3, 0.4) is 0 Å². The molecular formula is C18H21ClN4OS. The Kier molecular flexibility index (Phi) is 4.67. The second-order valence-electron chi connectivity index (χ2n) is 6.42. The lowest BCUT2D eigenvalue weighted by atomic mass is 10.0. The molecule has 0 unspecified atom stereocenters. The average molecular weight is 377 g/mol. The molecule has 1 aliphatic rings. The molecule has 1 aromatic carbocycles. The molecule has 0 bridgehead atoms. The molecule has 2 aromatic heterocycles. The Bertz CT molecular complexity index is 867. The van der Waals surface area contributed by atoms with Gasteiger partial charge in [-0.15, -0.1) is 5.10 Å². The summed E-state index contributed by atoms with van der Waals surface area (Å²) in [5.41, 5.74) is 1.14. The van der Waals surface area contributed by atoms with Crippen molar-refractivity contribution in [2.45, 2.75) is 38.6 Å². The fourth-order valence-corrected chi connectivity index (χ4v) is 4.73. The van der Waals surface area contributed by atoms with Crippen LogP contribution in [-0.4, -0.2) is 37.7 Å². The number of benzene rings is 1. The van der Waals surface area contributed by atoms with Gasteiger partial charge in [-0.3, -0.25) is 4.90 Å². The molecule has 1 N–H and O–H groups in total. The second kappa shape index (κ2) is 6.94. The van der Waals surface area contributed by atoms with Crippen molar-refractivity contribution in [2.75, 3.05) is 13.1 Å². The van der Waals surface area contributed by atoms with Crippen molar-refractivity contribution in [1.29, 1.82) is 0 Å². The van der Waals surface area contributed by atoms with Gasteiger partial charge in [0.2, 0.25) is 10.8 Å². The molecule has 132 valence electrons. The van der Waals surface area contributed by atoms with Gasteiger partial charge in [0, 0.05) is 11.4 Å². The summed E-state index contributed by atoms with van der Waals surface area (Å²) in [5, 5.41) is 16.0. The van der Waals surface area contributed by atoms with E-state index in [4.69, 9.17) is 11.6 Å². The highest BCUT2D eigenvalue weighted by atomic mass is 35.5. The molecule has 3 aromatic rings. The topological polar surface area (TPSA) is 53.7 Å². The predicted octanol–water partition coefficient (Wildman–Crippen LogP) is 4.29. The molecule has 7 heteroatoms. The number of piperidine rings is 1. The van der Waals surface area contributed by atoms with Crippen molar-refractivity contribution in [1.82, 2.24) is 19.5 Å². The molecule has 1 fully saturated rings. The van der Waals surface area contributed by atoms with Gasteiger partial charge in [-0.05, 0) is 43.6 Å². The molecule has 5 nitrogen and oxygen atoms in total. The van der Waals surface area contributed by atoms with Crippen LogP contribution in [0.25, 0.3) is 4.96 Å². The predicted molar refractivity (Wildman–Crippen MR) is 101 cm³/mol. The Morgan fingerprint density at radius 1 is 1.20 bits per heavy atom. The lowest BCUT2D eigenvalue weighted by Gasteiger charge is -2.34. The molecule has 0 amide bonds. The summed E-state index contributed by atoms with van der Waals surface area (Å²) >= 11 is 7.60. The zero-order valence-electron chi connectivity index (χ0n) is 14.2. The van der Waals surface area contributed by atoms with Crippen molar-refractivity contribution < 1.29 is 5.11 Å².